The van der Waals surface area contributed by atoms with Gasteiger partial charge in [0.05, 0.1) is 6.54 Å². The highest BCUT2D eigenvalue weighted by Gasteiger charge is 1.98. The largest absolute Gasteiger partial charge is 0.373 e. The molecule has 0 spiro atoms. The molecule has 2 rings (SSSR count). The third kappa shape index (κ3) is 3.94. The summed E-state index contributed by atoms with van der Waals surface area (Å²) in [5.74, 6) is 6.20. The van der Waals surface area contributed by atoms with Gasteiger partial charge in [-0.25, -0.2) is 0 Å². The Morgan fingerprint density at radius 1 is 1.11 bits per heavy atom. The van der Waals surface area contributed by atoms with Gasteiger partial charge in [-0.2, -0.15) is 0 Å². The third-order valence-corrected chi connectivity index (χ3v) is 3.43. The van der Waals surface area contributed by atoms with Gasteiger partial charge < -0.3 is 5.32 Å². The maximum absolute atomic E-state index is 5.90. The van der Waals surface area contributed by atoms with E-state index < -0.39 is 0 Å². The van der Waals surface area contributed by atoms with Gasteiger partial charge >= 0.3 is 0 Å². The topological polar surface area (TPSA) is 12.0 Å². The molecule has 1 nitrogen and oxygen atoms in total. The first-order valence-corrected chi connectivity index (χ1v) is 6.94. The lowest BCUT2D eigenvalue weighted by molar-refractivity contribution is 1.36. The van der Waals surface area contributed by atoms with E-state index in [0.717, 1.165) is 19.8 Å². The molecule has 0 bridgehead atoms. The van der Waals surface area contributed by atoms with E-state index in [4.69, 9.17) is 11.6 Å². The van der Waals surface area contributed by atoms with Crippen molar-refractivity contribution in [2.45, 2.75) is 0 Å². The molecule has 0 atom stereocenters. The molecule has 0 aromatic heterocycles. The lowest BCUT2D eigenvalue weighted by Crippen LogP contribution is -2.00. The summed E-state index contributed by atoms with van der Waals surface area (Å²) in [7, 11) is 0. The van der Waals surface area contributed by atoms with Crippen LogP contribution in [0.3, 0.4) is 0 Å². The summed E-state index contributed by atoms with van der Waals surface area (Å²) in [6, 6.07) is 15.7. The Labute approximate surface area is 126 Å². The van der Waals surface area contributed by atoms with Crippen LogP contribution in [0.25, 0.3) is 0 Å². The Kier molecular flexibility index (Phi) is 4.91. The lowest BCUT2D eigenvalue weighted by Gasteiger charge is -2.05. The number of anilines is 1. The van der Waals surface area contributed by atoms with Crippen LogP contribution < -0.4 is 5.32 Å². The van der Waals surface area contributed by atoms with Crippen molar-refractivity contribution in [2.75, 3.05) is 11.9 Å². The van der Waals surface area contributed by atoms with Crippen molar-refractivity contribution in [1.82, 2.24) is 0 Å². The normalized spacial score (nSPS) is 9.44. The number of nitrogens with one attached hydrogen (secondary N) is 1. The molecule has 0 saturated heterocycles. The zero-order chi connectivity index (χ0) is 12.8. The van der Waals surface area contributed by atoms with E-state index in [2.05, 4.69) is 39.7 Å². The van der Waals surface area contributed by atoms with Gasteiger partial charge in [-0.05, 0) is 52.9 Å². The fourth-order valence-electron chi connectivity index (χ4n) is 1.44. The average Bonchev–Trinajstić information content (AvgIpc) is 2.38. The van der Waals surface area contributed by atoms with E-state index in [0.29, 0.717) is 6.54 Å². The zero-order valence-electron chi connectivity index (χ0n) is 9.58. The number of hydrogen-bond donors (Lipinski definition) is 1. The van der Waals surface area contributed by atoms with Crippen molar-refractivity contribution in [3.8, 4) is 11.8 Å². The fraction of sp³-hybridized carbons (Fsp3) is 0.0667. The molecule has 0 fully saturated rings. The van der Waals surface area contributed by atoms with Crippen LogP contribution in [-0.2, 0) is 0 Å². The van der Waals surface area contributed by atoms with Crippen LogP contribution in [-0.4, -0.2) is 6.54 Å². The Hall–Kier alpha value is -1.18. The van der Waals surface area contributed by atoms with Gasteiger partial charge in [0.1, 0.15) is 0 Å². The van der Waals surface area contributed by atoms with Gasteiger partial charge in [0.2, 0.25) is 0 Å². The second kappa shape index (κ2) is 6.67. The summed E-state index contributed by atoms with van der Waals surface area (Å²) >= 11 is 8.15. The number of benzene rings is 2. The van der Waals surface area contributed by atoms with Gasteiger partial charge in [0.15, 0.2) is 0 Å². The molecular formula is C15H11ClIN. The quantitative estimate of drug-likeness (QED) is 0.612. The minimum absolute atomic E-state index is 0.618. The Bertz CT molecular complexity index is 584. The molecule has 0 unspecified atom stereocenters. The van der Waals surface area contributed by atoms with Crippen molar-refractivity contribution < 1.29 is 0 Å². The van der Waals surface area contributed by atoms with Crippen LogP contribution in [0.2, 0.25) is 5.02 Å². The van der Waals surface area contributed by atoms with Crippen LogP contribution >= 0.6 is 34.2 Å². The molecule has 0 amide bonds. The summed E-state index contributed by atoms with van der Waals surface area (Å²) in [6.45, 7) is 0.618. The highest BCUT2D eigenvalue weighted by Crippen LogP contribution is 2.21. The highest BCUT2D eigenvalue weighted by atomic mass is 127. The first-order chi connectivity index (χ1) is 8.75. The molecule has 0 aliphatic heterocycles. The summed E-state index contributed by atoms with van der Waals surface area (Å²) < 4.78 is 1.10. The molecule has 0 heterocycles. The van der Waals surface area contributed by atoms with Crippen molar-refractivity contribution >= 4 is 39.9 Å². The van der Waals surface area contributed by atoms with Crippen LogP contribution in [0.4, 0.5) is 5.69 Å². The standard InChI is InChI=1S/C15H11ClIN/c16-13-8-9-15(14(17)11-13)18-10-4-7-12-5-2-1-3-6-12/h1-3,5-6,8-9,11,18H,10H2. The van der Waals surface area contributed by atoms with E-state index in [9.17, 15) is 0 Å². The molecule has 0 saturated carbocycles. The minimum atomic E-state index is 0.618. The summed E-state index contributed by atoms with van der Waals surface area (Å²) in [5.41, 5.74) is 2.09. The van der Waals surface area contributed by atoms with Gasteiger partial charge in [0.25, 0.3) is 0 Å². The van der Waals surface area contributed by atoms with Crippen LogP contribution in [0.1, 0.15) is 5.56 Å². The summed E-state index contributed by atoms with van der Waals surface area (Å²) in [6.07, 6.45) is 0. The van der Waals surface area contributed by atoms with E-state index in [1.54, 1.807) is 0 Å². The molecule has 90 valence electrons. The van der Waals surface area contributed by atoms with E-state index in [1.807, 2.05) is 48.5 Å². The second-order valence-corrected chi connectivity index (χ2v) is 5.24. The molecule has 2 aromatic carbocycles. The van der Waals surface area contributed by atoms with Crippen molar-refractivity contribution in [3.63, 3.8) is 0 Å². The predicted molar refractivity (Wildman–Crippen MR) is 86.0 cm³/mol. The predicted octanol–water partition coefficient (Wildman–Crippen LogP) is 4.41. The van der Waals surface area contributed by atoms with E-state index in [-0.39, 0.29) is 0 Å². The number of halogens is 2. The first-order valence-electron chi connectivity index (χ1n) is 5.48. The molecule has 0 radical (unpaired) electrons. The SMILES string of the molecule is Clc1ccc(NCC#Cc2ccccc2)c(I)c1. The molecule has 0 aliphatic carbocycles. The second-order valence-electron chi connectivity index (χ2n) is 3.65. The summed E-state index contributed by atoms with van der Waals surface area (Å²) in [4.78, 5) is 0. The van der Waals surface area contributed by atoms with Crippen LogP contribution in [0.5, 0.6) is 0 Å². The Morgan fingerprint density at radius 2 is 1.89 bits per heavy atom. The Morgan fingerprint density at radius 3 is 2.61 bits per heavy atom. The maximum atomic E-state index is 5.90. The molecule has 3 heteroatoms. The molecule has 18 heavy (non-hydrogen) atoms. The number of rotatable bonds is 2. The van der Waals surface area contributed by atoms with Gasteiger partial charge in [-0.3, -0.25) is 0 Å². The maximum Gasteiger partial charge on any atom is 0.0770 e. The van der Waals surface area contributed by atoms with Crippen molar-refractivity contribution in [2.24, 2.45) is 0 Å². The third-order valence-electron chi connectivity index (χ3n) is 2.30. The minimum Gasteiger partial charge on any atom is -0.373 e. The molecule has 1 N–H and O–H groups in total. The summed E-state index contributed by atoms with van der Waals surface area (Å²) in [5, 5.41) is 4.02. The van der Waals surface area contributed by atoms with Crippen LogP contribution in [0, 0.1) is 15.4 Å². The smallest absolute Gasteiger partial charge is 0.0770 e. The Balaban J connectivity index is 1.95. The van der Waals surface area contributed by atoms with Gasteiger partial charge in [0, 0.05) is 19.8 Å². The van der Waals surface area contributed by atoms with Crippen molar-refractivity contribution in [1.29, 1.82) is 0 Å². The van der Waals surface area contributed by atoms with Crippen molar-refractivity contribution in [3.05, 3.63) is 62.7 Å². The van der Waals surface area contributed by atoms with E-state index in [1.165, 1.54) is 0 Å². The van der Waals surface area contributed by atoms with E-state index >= 15 is 0 Å². The molecular weight excluding hydrogens is 357 g/mol. The zero-order valence-corrected chi connectivity index (χ0v) is 12.5. The van der Waals surface area contributed by atoms with Gasteiger partial charge in [-0.1, -0.05) is 41.6 Å². The highest BCUT2D eigenvalue weighted by molar-refractivity contribution is 14.1. The monoisotopic (exact) mass is 367 g/mol. The van der Waals surface area contributed by atoms with Gasteiger partial charge in [-0.15, -0.1) is 0 Å². The molecule has 2 aromatic rings. The molecule has 0 aliphatic rings. The average molecular weight is 368 g/mol. The fourth-order valence-corrected chi connectivity index (χ4v) is 2.50. The first kappa shape index (κ1) is 13.3. The lowest BCUT2D eigenvalue weighted by atomic mass is 10.2. The van der Waals surface area contributed by atoms with Crippen LogP contribution in [0.15, 0.2) is 48.5 Å². The number of hydrogen-bond acceptors (Lipinski definition) is 1.